The number of piperazine rings is 2. The number of ether oxygens (including phenoxy) is 1. The number of benzene rings is 2. The average molecular weight is 897 g/mol. The molecule has 0 unspecified atom stereocenters. The fourth-order valence-electron chi connectivity index (χ4n) is 9.16. The molecule has 0 spiro atoms. The summed E-state index contributed by atoms with van der Waals surface area (Å²) in [4.78, 5) is 37.5. The molecule has 59 heavy (non-hydrogen) atoms. The Balaban J connectivity index is 0.000000199. The summed E-state index contributed by atoms with van der Waals surface area (Å²) in [5.41, 5.74) is 2.10. The van der Waals surface area contributed by atoms with E-state index in [0.717, 1.165) is 114 Å². The Bertz CT molecular complexity index is 1620. The SMILES string of the molecule is CN(C)C(=O)NC1CCC(CCN2CCN(c3cccc(Cl)c3Cl)CC2)CC1.O=C(NC1CCC(CCN2CCN(c3cccc(Cl)c3Cl)CC2)CC1)N1CCOCC1. The van der Waals surface area contributed by atoms with E-state index in [4.69, 9.17) is 51.1 Å². The van der Waals surface area contributed by atoms with Gasteiger partial charge in [0.05, 0.1) is 44.7 Å². The molecule has 2 saturated carbocycles. The van der Waals surface area contributed by atoms with Gasteiger partial charge in [0.15, 0.2) is 0 Å². The fraction of sp³-hybridized carbons (Fsp3) is 0.682. The molecule has 0 radical (unpaired) electrons. The van der Waals surface area contributed by atoms with Crippen LogP contribution in [0.5, 0.6) is 0 Å². The highest BCUT2D eigenvalue weighted by molar-refractivity contribution is 6.44. The molecule has 15 heteroatoms. The molecule has 11 nitrogen and oxygen atoms in total. The Hall–Kier alpha value is -2.38. The molecule has 3 aliphatic heterocycles. The normalized spacial score (nSPS) is 24.5. The van der Waals surface area contributed by atoms with E-state index in [2.05, 4.69) is 42.4 Å². The number of hydrogen-bond acceptors (Lipinski definition) is 7. The summed E-state index contributed by atoms with van der Waals surface area (Å²) in [5, 5.41) is 8.94. The van der Waals surface area contributed by atoms with Crippen molar-refractivity contribution in [1.29, 1.82) is 0 Å². The maximum atomic E-state index is 12.4. The van der Waals surface area contributed by atoms with Gasteiger partial charge in [-0.25, -0.2) is 9.59 Å². The molecule has 2 aliphatic carbocycles. The van der Waals surface area contributed by atoms with E-state index in [0.29, 0.717) is 58.5 Å². The van der Waals surface area contributed by atoms with E-state index in [-0.39, 0.29) is 12.1 Å². The van der Waals surface area contributed by atoms with Crippen LogP contribution in [0.1, 0.15) is 64.2 Å². The summed E-state index contributed by atoms with van der Waals surface area (Å²) >= 11 is 25.1. The van der Waals surface area contributed by atoms with Gasteiger partial charge in [0, 0.05) is 91.6 Å². The summed E-state index contributed by atoms with van der Waals surface area (Å²) in [6.45, 7) is 13.3. The zero-order valence-corrected chi connectivity index (χ0v) is 38.2. The van der Waals surface area contributed by atoms with Crippen LogP contribution in [0.3, 0.4) is 0 Å². The monoisotopic (exact) mass is 894 g/mol. The maximum absolute atomic E-state index is 12.4. The minimum absolute atomic E-state index is 0.0288. The number of nitrogens with one attached hydrogen (secondary N) is 2. The minimum atomic E-state index is 0.0288. The number of carbonyl (C=O) groups excluding carboxylic acids is 2. The van der Waals surface area contributed by atoms with E-state index >= 15 is 0 Å². The van der Waals surface area contributed by atoms with Crippen LogP contribution in [0, 0.1) is 11.8 Å². The third kappa shape index (κ3) is 13.8. The van der Waals surface area contributed by atoms with Crippen LogP contribution >= 0.6 is 46.4 Å². The van der Waals surface area contributed by atoms with Crippen molar-refractivity contribution in [2.75, 3.05) is 116 Å². The summed E-state index contributed by atoms with van der Waals surface area (Å²) in [6, 6.07) is 12.5. The van der Waals surface area contributed by atoms with Gasteiger partial charge in [-0.3, -0.25) is 9.80 Å². The van der Waals surface area contributed by atoms with Gasteiger partial charge in [0.25, 0.3) is 0 Å². The van der Waals surface area contributed by atoms with Crippen LogP contribution < -0.4 is 20.4 Å². The van der Waals surface area contributed by atoms with Crippen LogP contribution in [0.15, 0.2) is 36.4 Å². The van der Waals surface area contributed by atoms with Crippen LogP contribution in [0.2, 0.25) is 20.1 Å². The second-order valence-electron chi connectivity index (χ2n) is 17.2. The number of halogens is 4. The van der Waals surface area contributed by atoms with E-state index < -0.39 is 0 Å². The van der Waals surface area contributed by atoms with Crippen molar-refractivity contribution in [2.24, 2.45) is 11.8 Å². The van der Waals surface area contributed by atoms with Crippen LogP contribution in [-0.4, -0.2) is 150 Å². The Morgan fingerprint density at radius 1 is 0.610 bits per heavy atom. The molecule has 5 fully saturated rings. The summed E-state index contributed by atoms with van der Waals surface area (Å²) in [5.74, 6) is 1.56. The van der Waals surface area contributed by atoms with Crippen molar-refractivity contribution in [3.63, 3.8) is 0 Å². The maximum Gasteiger partial charge on any atom is 0.317 e. The van der Waals surface area contributed by atoms with Crippen molar-refractivity contribution in [3.8, 4) is 0 Å². The van der Waals surface area contributed by atoms with E-state index in [1.165, 1.54) is 38.5 Å². The second kappa shape index (κ2) is 23.2. The smallest absolute Gasteiger partial charge is 0.317 e. The standard InChI is InChI=1S/C23H34Cl2N4O2.C21H32Cl2N4O/c24-20-2-1-3-21(22(20)25)28-12-10-27(11-13-28)9-8-18-4-6-19(7-5-18)26-23(30)29-14-16-31-17-15-29;1-25(2)21(28)24-17-8-6-16(7-9-17)10-11-26-12-14-27(15-13-26)19-5-3-4-18(22)20(19)23/h1-3,18-19H,4-17H2,(H,26,30);3-5,16-17H,6-15H2,1-2H3,(H,24,28). The first kappa shape index (κ1) is 46.1. The van der Waals surface area contributed by atoms with Crippen molar-refractivity contribution in [1.82, 2.24) is 30.2 Å². The van der Waals surface area contributed by atoms with Gasteiger partial charge in [-0.2, -0.15) is 0 Å². The molecule has 0 atom stereocenters. The highest BCUT2D eigenvalue weighted by Crippen LogP contribution is 2.35. The molecular weight excluding hydrogens is 830 g/mol. The Kier molecular flexibility index (Phi) is 18.1. The lowest BCUT2D eigenvalue weighted by Crippen LogP contribution is -2.50. The van der Waals surface area contributed by atoms with E-state index in [9.17, 15) is 9.59 Å². The molecule has 3 heterocycles. The first-order chi connectivity index (χ1) is 28.5. The van der Waals surface area contributed by atoms with E-state index in [1.807, 2.05) is 29.2 Å². The predicted molar refractivity (Wildman–Crippen MR) is 244 cm³/mol. The van der Waals surface area contributed by atoms with Gasteiger partial charge in [0.2, 0.25) is 0 Å². The summed E-state index contributed by atoms with van der Waals surface area (Å²) in [6.07, 6.45) is 11.8. The Morgan fingerprint density at radius 3 is 1.46 bits per heavy atom. The summed E-state index contributed by atoms with van der Waals surface area (Å²) < 4.78 is 5.33. The molecule has 4 amide bonds. The second-order valence-corrected chi connectivity index (χ2v) is 18.8. The third-order valence-corrected chi connectivity index (χ3v) is 14.7. The zero-order valence-electron chi connectivity index (χ0n) is 35.2. The number of rotatable bonds is 10. The van der Waals surface area contributed by atoms with Crippen molar-refractivity contribution in [3.05, 3.63) is 56.5 Å². The molecule has 7 rings (SSSR count). The number of morpholine rings is 1. The highest BCUT2D eigenvalue weighted by Gasteiger charge is 2.28. The first-order valence-electron chi connectivity index (χ1n) is 22.0. The quantitative estimate of drug-likeness (QED) is 0.248. The average Bonchev–Trinajstić information content (AvgIpc) is 3.26. The lowest BCUT2D eigenvalue weighted by Gasteiger charge is -2.38. The summed E-state index contributed by atoms with van der Waals surface area (Å²) in [7, 11) is 3.59. The number of anilines is 2. The molecule has 328 valence electrons. The lowest BCUT2D eigenvalue weighted by atomic mass is 9.84. The van der Waals surface area contributed by atoms with Gasteiger partial charge < -0.3 is 35.0 Å². The Morgan fingerprint density at radius 2 is 1.03 bits per heavy atom. The number of hydrogen-bond donors (Lipinski definition) is 2. The highest BCUT2D eigenvalue weighted by atomic mass is 35.5. The van der Waals surface area contributed by atoms with Gasteiger partial charge >= 0.3 is 12.1 Å². The van der Waals surface area contributed by atoms with E-state index in [1.54, 1.807) is 19.0 Å². The van der Waals surface area contributed by atoms with Gasteiger partial charge in [-0.05, 0) is 113 Å². The number of nitrogens with zero attached hydrogens (tertiary/aromatic N) is 6. The van der Waals surface area contributed by atoms with Crippen LogP contribution in [0.4, 0.5) is 21.0 Å². The van der Waals surface area contributed by atoms with Crippen LogP contribution in [0.25, 0.3) is 0 Å². The van der Waals surface area contributed by atoms with Crippen molar-refractivity contribution in [2.45, 2.75) is 76.3 Å². The molecule has 0 bridgehead atoms. The number of carbonyl (C=O) groups is 2. The third-order valence-electron chi connectivity index (χ3n) is 13.0. The molecular formula is C44H66Cl4N8O3. The van der Waals surface area contributed by atoms with Gasteiger partial charge in [0.1, 0.15) is 0 Å². The predicted octanol–water partition coefficient (Wildman–Crippen LogP) is 8.44. The fourth-order valence-corrected chi connectivity index (χ4v) is 9.99. The number of urea groups is 2. The topological polar surface area (TPSA) is 86.9 Å². The zero-order chi connectivity index (χ0) is 41.7. The molecule has 2 N–H and O–H groups in total. The van der Waals surface area contributed by atoms with Gasteiger partial charge in [-0.1, -0.05) is 58.5 Å². The van der Waals surface area contributed by atoms with Crippen LogP contribution in [-0.2, 0) is 4.74 Å². The Labute approximate surface area is 372 Å². The molecule has 2 aromatic carbocycles. The molecule has 2 aromatic rings. The molecule has 3 saturated heterocycles. The minimum Gasteiger partial charge on any atom is -0.378 e. The number of amides is 4. The lowest BCUT2D eigenvalue weighted by molar-refractivity contribution is 0.0519. The van der Waals surface area contributed by atoms with Crippen molar-refractivity contribution < 1.29 is 14.3 Å². The molecule has 5 aliphatic rings. The van der Waals surface area contributed by atoms with Crippen molar-refractivity contribution >= 4 is 69.8 Å². The first-order valence-corrected chi connectivity index (χ1v) is 23.5. The molecule has 0 aromatic heterocycles. The van der Waals surface area contributed by atoms with Gasteiger partial charge in [-0.15, -0.1) is 0 Å². The largest absolute Gasteiger partial charge is 0.378 e.